The van der Waals surface area contributed by atoms with Gasteiger partial charge in [-0.15, -0.1) is 0 Å². The average Bonchev–Trinajstić information content (AvgIpc) is 2.38. The van der Waals surface area contributed by atoms with E-state index in [1.54, 1.807) is 0 Å². The number of aliphatic hydroxyl groups excluding tert-OH is 1. The van der Waals surface area contributed by atoms with Gasteiger partial charge in [0.25, 0.3) is 0 Å². The molecule has 0 saturated carbocycles. The van der Waals surface area contributed by atoms with Gasteiger partial charge in [-0.25, -0.2) is 18.2 Å². The van der Waals surface area contributed by atoms with Crippen molar-refractivity contribution in [2.75, 3.05) is 11.9 Å². The van der Waals surface area contributed by atoms with Gasteiger partial charge in [0.05, 0.1) is 18.8 Å². The van der Waals surface area contributed by atoms with Gasteiger partial charge in [-0.05, 0) is 29.3 Å². The van der Waals surface area contributed by atoms with E-state index in [1.807, 2.05) is 0 Å². The maximum atomic E-state index is 13.5. The van der Waals surface area contributed by atoms with E-state index in [1.165, 1.54) is 0 Å². The van der Waals surface area contributed by atoms with Crippen LogP contribution < -0.4 is 5.32 Å². The van der Waals surface area contributed by atoms with Crippen LogP contribution in [0.1, 0.15) is 11.6 Å². The minimum absolute atomic E-state index is 0.110. The van der Waals surface area contributed by atoms with Crippen molar-refractivity contribution < 1.29 is 18.3 Å². The Morgan fingerprint density at radius 2 is 1.85 bits per heavy atom. The highest BCUT2D eigenvalue weighted by Gasteiger charge is 2.16. The van der Waals surface area contributed by atoms with Gasteiger partial charge in [0.1, 0.15) is 11.6 Å². The van der Waals surface area contributed by atoms with Crippen molar-refractivity contribution in [1.82, 2.24) is 9.97 Å². The van der Waals surface area contributed by atoms with E-state index < -0.39 is 30.1 Å². The Morgan fingerprint density at radius 1 is 1.20 bits per heavy atom. The predicted octanol–water partition coefficient (Wildman–Crippen LogP) is 2.69. The molecule has 1 aromatic carbocycles. The molecule has 0 fully saturated rings. The molecule has 0 bridgehead atoms. The summed E-state index contributed by atoms with van der Waals surface area (Å²) in [5.74, 6) is -2.68. The SMILES string of the molecule is OC[C@@H](Nc1nc(Cl)ncc1F)c1cc(F)cc(F)c1. The summed E-state index contributed by atoms with van der Waals surface area (Å²) in [4.78, 5) is 7.03. The van der Waals surface area contributed by atoms with Crippen molar-refractivity contribution in [3.8, 4) is 0 Å². The molecule has 0 aliphatic carbocycles. The summed E-state index contributed by atoms with van der Waals surface area (Å²) in [5, 5.41) is 11.6. The minimum Gasteiger partial charge on any atom is -0.394 e. The summed E-state index contributed by atoms with van der Waals surface area (Å²) in [6.45, 7) is -0.524. The zero-order valence-electron chi connectivity index (χ0n) is 9.95. The van der Waals surface area contributed by atoms with E-state index >= 15 is 0 Å². The number of nitrogens with zero attached hydrogens (tertiary/aromatic N) is 2. The zero-order valence-corrected chi connectivity index (χ0v) is 10.7. The van der Waals surface area contributed by atoms with Gasteiger partial charge in [-0.3, -0.25) is 0 Å². The zero-order chi connectivity index (χ0) is 14.7. The molecule has 1 aromatic heterocycles. The van der Waals surface area contributed by atoms with E-state index in [-0.39, 0.29) is 16.7 Å². The number of nitrogens with one attached hydrogen (secondary N) is 1. The first-order valence-electron chi connectivity index (χ1n) is 5.51. The largest absolute Gasteiger partial charge is 0.394 e. The van der Waals surface area contributed by atoms with Crippen LogP contribution in [-0.2, 0) is 0 Å². The van der Waals surface area contributed by atoms with E-state index in [4.69, 9.17) is 11.6 Å². The Balaban J connectivity index is 2.30. The normalized spacial score (nSPS) is 12.2. The first kappa shape index (κ1) is 14.5. The lowest BCUT2D eigenvalue weighted by Gasteiger charge is -2.17. The maximum Gasteiger partial charge on any atom is 0.224 e. The number of aromatic nitrogens is 2. The van der Waals surface area contributed by atoms with E-state index in [9.17, 15) is 18.3 Å². The van der Waals surface area contributed by atoms with Gasteiger partial charge >= 0.3 is 0 Å². The molecule has 1 atom stereocenters. The molecule has 2 rings (SSSR count). The Hall–Kier alpha value is -1.86. The van der Waals surface area contributed by atoms with Crippen molar-refractivity contribution >= 4 is 17.4 Å². The number of hydrogen-bond acceptors (Lipinski definition) is 4. The van der Waals surface area contributed by atoms with Crippen molar-refractivity contribution in [2.45, 2.75) is 6.04 Å². The first-order valence-corrected chi connectivity index (χ1v) is 5.89. The highest BCUT2D eigenvalue weighted by Crippen LogP contribution is 2.22. The van der Waals surface area contributed by atoms with Crippen molar-refractivity contribution in [3.05, 3.63) is 52.7 Å². The standard InChI is InChI=1S/C12H9ClF3N3O/c13-12-17-4-9(16)11(19-12)18-10(5-20)6-1-7(14)3-8(15)2-6/h1-4,10,20H,5H2,(H,17,18,19)/t10-/m1/s1. The van der Waals surface area contributed by atoms with Crippen LogP contribution >= 0.6 is 11.6 Å². The molecular weight excluding hydrogens is 295 g/mol. The highest BCUT2D eigenvalue weighted by atomic mass is 35.5. The number of hydrogen-bond donors (Lipinski definition) is 2. The Bertz CT molecular complexity index is 607. The molecule has 0 saturated heterocycles. The van der Waals surface area contributed by atoms with Crippen LogP contribution in [0.5, 0.6) is 0 Å². The summed E-state index contributed by atoms with van der Waals surface area (Å²) in [7, 11) is 0. The molecule has 0 amide bonds. The number of halogens is 4. The van der Waals surface area contributed by atoms with Gasteiger partial charge in [-0.1, -0.05) is 0 Å². The summed E-state index contributed by atoms with van der Waals surface area (Å²) >= 11 is 5.53. The van der Waals surface area contributed by atoms with Gasteiger partial charge < -0.3 is 10.4 Å². The molecule has 1 heterocycles. The molecule has 0 radical (unpaired) electrons. The molecule has 0 aliphatic rings. The summed E-state index contributed by atoms with van der Waals surface area (Å²) in [6, 6.07) is 1.80. The lowest BCUT2D eigenvalue weighted by Crippen LogP contribution is -2.17. The van der Waals surface area contributed by atoms with Crippen LogP contribution in [0, 0.1) is 17.5 Å². The molecule has 0 aliphatic heterocycles. The van der Waals surface area contributed by atoms with Gasteiger partial charge in [0.15, 0.2) is 11.6 Å². The van der Waals surface area contributed by atoms with Crippen molar-refractivity contribution in [3.63, 3.8) is 0 Å². The Labute approximate surface area is 117 Å². The predicted molar refractivity (Wildman–Crippen MR) is 66.8 cm³/mol. The topological polar surface area (TPSA) is 58.0 Å². The van der Waals surface area contributed by atoms with Gasteiger partial charge in [-0.2, -0.15) is 4.98 Å². The minimum atomic E-state index is -0.944. The molecule has 2 aromatic rings. The quantitative estimate of drug-likeness (QED) is 0.853. The van der Waals surface area contributed by atoms with E-state index in [0.717, 1.165) is 18.3 Å². The van der Waals surface area contributed by atoms with Crippen LogP contribution in [0.2, 0.25) is 5.28 Å². The monoisotopic (exact) mass is 303 g/mol. The second kappa shape index (κ2) is 6.06. The van der Waals surface area contributed by atoms with Crippen molar-refractivity contribution in [2.24, 2.45) is 0 Å². The molecule has 0 unspecified atom stereocenters. The van der Waals surface area contributed by atoms with Gasteiger partial charge in [0, 0.05) is 6.07 Å². The van der Waals surface area contributed by atoms with Crippen LogP contribution in [0.25, 0.3) is 0 Å². The number of rotatable bonds is 4. The molecule has 0 spiro atoms. The summed E-state index contributed by atoms with van der Waals surface area (Å²) in [5.41, 5.74) is 0.110. The first-order chi connectivity index (χ1) is 9.49. The van der Waals surface area contributed by atoms with Crippen LogP contribution in [0.3, 0.4) is 0 Å². The van der Waals surface area contributed by atoms with Crippen molar-refractivity contribution in [1.29, 1.82) is 0 Å². The third-order valence-electron chi connectivity index (χ3n) is 2.50. The van der Waals surface area contributed by atoms with E-state index in [0.29, 0.717) is 6.07 Å². The van der Waals surface area contributed by atoms with Crippen LogP contribution in [0.4, 0.5) is 19.0 Å². The third-order valence-corrected chi connectivity index (χ3v) is 2.68. The van der Waals surface area contributed by atoms with Gasteiger partial charge in [0.2, 0.25) is 5.28 Å². The number of anilines is 1. The Morgan fingerprint density at radius 3 is 2.45 bits per heavy atom. The lowest BCUT2D eigenvalue weighted by atomic mass is 10.1. The lowest BCUT2D eigenvalue weighted by molar-refractivity contribution is 0.275. The fourth-order valence-corrected chi connectivity index (χ4v) is 1.76. The maximum absolute atomic E-state index is 13.5. The number of aliphatic hydroxyl groups is 1. The summed E-state index contributed by atoms with van der Waals surface area (Å²) in [6.07, 6.45) is 0.845. The molecule has 20 heavy (non-hydrogen) atoms. The summed E-state index contributed by atoms with van der Waals surface area (Å²) < 4.78 is 39.7. The fourth-order valence-electron chi connectivity index (χ4n) is 1.62. The molecular formula is C12H9ClF3N3O. The second-order valence-electron chi connectivity index (χ2n) is 3.92. The average molecular weight is 304 g/mol. The molecule has 8 heteroatoms. The van der Waals surface area contributed by atoms with E-state index in [2.05, 4.69) is 15.3 Å². The van der Waals surface area contributed by atoms with Crippen LogP contribution in [0.15, 0.2) is 24.4 Å². The highest BCUT2D eigenvalue weighted by molar-refractivity contribution is 6.28. The smallest absolute Gasteiger partial charge is 0.224 e. The second-order valence-corrected chi connectivity index (χ2v) is 4.26. The molecule has 4 nitrogen and oxygen atoms in total. The Kier molecular flexibility index (Phi) is 4.41. The number of benzene rings is 1. The van der Waals surface area contributed by atoms with Crippen LogP contribution in [-0.4, -0.2) is 21.7 Å². The fraction of sp³-hybridized carbons (Fsp3) is 0.167. The molecule has 106 valence electrons. The molecule has 2 N–H and O–H groups in total. The third kappa shape index (κ3) is 3.37.